The molecule has 1 amide bonds. The predicted octanol–water partition coefficient (Wildman–Crippen LogP) is 2.06. The van der Waals surface area contributed by atoms with Gasteiger partial charge in [-0.2, -0.15) is 0 Å². The van der Waals surface area contributed by atoms with Crippen molar-refractivity contribution >= 4 is 21.8 Å². The van der Waals surface area contributed by atoms with Crippen LogP contribution in [0, 0.1) is 5.92 Å². The number of pyridine rings is 1. The molecule has 0 unspecified atom stereocenters. The molecule has 4 nitrogen and oxygen atoms in total. The highest BCUT2D eigenvalue weighted by molar-refractivity contribution is 9.09. The normalized spacial score (nSPS) is 23.6. The molecule has 2 rings (SSSR count). The summed E-state index contributed by atoms with van der Waals surface area (Å²) >= 11 is 3.62. The van der Waals surface area contributed by atoms with Crippen LogP contribution in [0.25, 0.3) is 0 Å². The minimum atomic E-state index is -0.192. The fraction of sp³-hybridized carbons (Fsp3) is 0.538. The minimum Gasteiger partial charge on any atom is -0.352 e. The van der Waals surface area contributed by atoms with Crippen LogP contribution in [-0.4, -0.2) is 22.3 Å². The second-order valence-corrected chi connectivity index (χ2v) is 6.06. The quantitative estimate of drug-likeness (QED) is 0.839. The van der Waals surface area contributed by atoms with Crippen LogP contribution in [-0.2, 0) is 0 Å². The highest BCUT2D eigenvalue weighted by atomic mass is 79.9. The summed E-state index contributed by atoms with van der Waals surface area (Å²) in [6.45, 7) is 0.720. The zero-order valence-electron chi connectivity index (χ0n) is 10.1. The molecule has 1 heterocycles. The molecule has 0 spiro atoms. The van der Waals surface area contributed by atoms with Crippen LogP contribution in [0.3, 0.4) is 0 Å². The lowest BCUT2D eigenvalue weighted by atomic mass is 9.89. The number of halogens is 1. The van der Waals surface area contributed by atoms with E-state index in [2.05, 4.69) is 26.2 Å². The Bertz CT molecular complexity index is 444. The molecule has 2 N–H and O–H groups in total. The standard InChI is InChI=1S/C13H17BrN2O2/c14-11-4-1-9(2-5-11)7-16-13(18)10-3-6-12(17)15-8-10/h3,6,8-9,11H,1-2,4-5,7H2,(H,15,17)(H,16,18). The Morgan fingerprint density at radius 3 is 2.67 bits per heavy atom. The van der Waals surface area contributed by atoms with Crippen molar-refractivity contribution in [3.05, 3.63) is 34.2 Å². The topological polar surface area (TPSA) is 62.0 Å². The fourth-order valence-electron chi connectivity index (χ4n) is 2.22. The summed E-state index contributed by atoms with van der Waals surface area (Å²) in [7, 11) is 0. The lowest BCUT2D eigenvalue weighted by Crippen LogP contribution is -2.31. The zero-order valence-corrected chi connectivity index (χ0v) is 11.7. The number of carbonyl (C=O) groups excluding carboxylic acids is 1. The minimum absolute atomic E-state index is 0.118. The van der Waals surface area contributed by atoms with E-state index in [4.69, 9.17) is 0 Å². The molecule has 1 aliphatic rings. The molecule has 0 atom stereocenters. The van der Waals surface area contributed by atoms with Crippen LogP contribution in [0.2, 0.25) is 0 Å². The van der Waals surface area contributed by atoms with E-state index in [1.165, 1.54) is 25.1 Å². The first-order valence-corrected chi connectivity index (χ1v) is 7.17. The fourth-order valence-corrected chi connectivity index (χ4v) is 2.75. The Labute approximate surface area is 114 Å². The molecular formula is C13H17BrN2O2. The Kier molecular flexibility index (Phi) is 4.58. The Morgan fingerprint density at radius 2 is 2.06 bits per heavy atom. The van der Waals surface area contributed by atoms with Gasteiger partial charge in [0.2, 0.25) is 5.56 Å². The van der Waals surface area contributed by atoms with Gasteiger partial charge in [0.1, 0.15) is 0 Å². The maximum absolute atomic E-state index is 11.8. The molecule has 1 aromatic heterocycles. The van der Waals surface area contributed by atoms with Crippen molar-refractivity contribution in [1.82, 2.24) is 10.3 Å². The van der Waals surface area contributed by atoms with Crippen LogP contribution >= 0.6 is 15.9 Å². The van der Waals surface area contributed by atoms with E-state index in [1.54, 1.807) is 6.07 Å². The Morgan fingerprint density at radius 1 is 1.33 bits per heavy atom. The van der Waals surface area contributed by atoms with E-state index in [9.17, 15) is 9.59 Å². The summed E-state index contributed by atoms with van der Waals surface area (Å²) in [5, 5.41) is 2.93. The van der Waals surface area contributed by atoms with Crippen LogP contribution in [0.15, 0.2) is 23.1 Å². The summed E-state index contributed by atoms with van der Waals surface area (Å²) in [4.78, 5) is 25.9. The number of rotatable bonds is 3. The second-order valence-electron chi connectivity index (χ2n) is 4.77. The average Bonchev–Trinajstić information content (AvgIpc) is 2.38. The monoisotopic (exact) mass is 312 g/mol. The molecule has 1 fully saturated rings. The maximum atomic E-state index is 11.8. The van der Waals surface area contributed by atoms with Crippen molar-refractivity contribution in [1.29, 1.82) is 0 Å². The van der Waals surface area contributed by atoms with E-state index in [0.29, 0.717) is 16.3 Å². The van der Waals surface area contributed by atoms with Gasteiger partial charge in [-0.1, -0.05) is 15.9 Å². The van der Waals surface area contributed by atoms with Gasteiger partial charge < -0.3 is 10.3 Å². The predicted molar refractivity (Wildman–Crippen MR) is 74.1 cm³/mol. The molecule has 0 radical (unpaired) electrons. The van der Waals surface area contributed by atoms with E-state index in [-0.39, 0.29) is 11.5 Å². The maximum Gasteiger partial charge on any atom is 0.252 e. The summed E-state index contributed by atoms with van der Waals surface area (Å²) in [6.07, 6.45) is 6.12. The SMILES string of the molecule is O=C(NCC1CCC(Br)CC1)c1ccc(=O)[nH]c1. The van der Waals surface area contributed by atoms with Gasteiger partial charge in [0.15, 0.2) is 0 Å². The van der Waals surface area contributed by atoms with Gasteiger partial charge in [-0.15, -0.1) is 0 Å². The lowest BCUT2D eigenvalue weighted by molar-refractivity contribution is 0.0943. The first-order valence-electron chi connectivity index (χ1n) is 6.26. The number of aromatic nitrogens is 1. The third-order valence-electron chi connectivity index (χ3n) is 3.37. The molecule has 5 heteroatoms. The van der Waals surface area contributed by atoms with Gasteiger partial charge in [-0.05, 0) is 37.7 Å². The summed E-state index contributed by atoms with van der Waals surface area (Å²) < 4.78 is 0. The van der Waals surface area contributed by atoms with Gasteiger partial charge in [-0.25, -0.2) is 0 Å². The van der Waals surface area contributed by atoms with E-state index < -0.39 is 0 Å². The second kappa shape index (κ2) is 6.18. The van der Waals surface area contributed by atoms with Crippen LogP contribution in [0.1, 0.15) is 36.0 Å². The molecule has 0 aromatic carbocycles. The Balaban J connectivity index is 1.81. The number of hydrogen-bond acceptors (Lipinski definition) is 2. The van der Waals surface area contributed by atoms with Crippen molar-refractivity contribution < 1.29 is 4.79 Å². The summed E-state index contributed by atoms with van der Waals surface area (Å²) in [6, 6.07) is 2.91. The third-order valence-corrected chi connectivity index (χ3v) is 4.29. The first kappa shape index (κ1) is 13.3. The molecule has 1 saturated carbocycles. The molecule has 98 valence electrons. The summed E-state index contributed by atoms with van der Waals surface area (Å²) in [5.41, 5.74) is 0.311. The molecule has 18 heavy (non-hydrogen) atoms. The number of aromatic amines is 1. The van der Waals surface area contributed by atoms with E-state index >= 15 is 0 Å². The number of alkyl halides is 1. The van der Waals surface area contributed by atoms with E-state index in [1.807, 2.05) is 0 Å². The van der Waals surface area contributed by atoms with Crippen LogP contribution in [0.4, 0.5) is 0 Å². The highest BCUT2D eigenvalue weighted by Gasteiger charge is 2.19. The van der Waals surface area contributed by atoms with Gasteiger partial charge in [0, 0.05) is 23.6 Å². The van der Waals surface area contributed by atoms with E-state index in [0.717, 1.165) is 19.4 Å². The van der Waals surface area contributed by atoms with Gasteiger partial charge in [0.05, 0.1) is 5.56 Å². The van der Waals surface area contributed by atoms with Gasteiger partial charge in [0.25, 0.3) is 5.91 Å². The third kappa shape index (κ3) is 3.70. The highest BCUT2D eigenvalue weighted by Crippen LogP contribution is 2.28. The molecule has 0 saturated heterocycles. The van der Waals surface area contributed by atoms with Crippen molar-refractivity contribution in [2.24, 2.45) is 5.92 Å². The molecule has 0 aliphatic heterocycles. The molecule has 1 aromatic rings. The number of carbonyl (C=O) groups is 1. The summed E-state index contributed by atoms with van der Waals surface area (Å²) in [5.74, 6) is 0.456. The number of hydrogen-bond donors (Lipinski definition) is 2. The van der Waals surface area contributed by atoms with Crippen molar-refractivity contribution in [3.8, 4) is 0 Å². The number of amides is 1. The molecular weight excluding hydrogens is 296 g/mol. The van der Waals surface area contributed by atoms with Crippen LogP contribution in [0.5, 0.6) is 0 Å². The largest absolute Gasteiger partial charge is 0.352 e. The van der Waals surface area contributed by atoms with Gasteiger partial charge >= 0.3 is 0 Å². The molecule has 1 aliphatic carbocycles. The number of nitrogens with one attached hydrogen (secondary N) is 2. The zero-order chi connectivity index (χ0) is 13.0. The van der Waals surface area contributed by atoms with Crippen LogP contribution < -0.4 is 10.9 Å². The molecule has 0 bridgehead atoms. The van der Waals surface area contributed by atoms with Crippen molar-refractivity contribution in [3.63, 3.8) is 0 Å². The smallest absolute Gasteiger partial charge is 0.252 e. The van der Waals surface area contributed by atoms with Crippen molar-refractivity contribution in [2.75, 3.05) is 6.54 Å². The van der Waals surface area contributed by atoms with Gasteiger partial charge in [-0.3, -0.25) is 9.59 Å². The number of H-pyrrole nitrogens is 1. The Hall–Kier alpha value is -1.10. The average molecular weight is 313 g/mol. The lowest BCUT2D eigenvalue weighted by Gasteiger charge is -2.25. The first-order chi connectivity index (χ1) is 8.65. The van der Waals surface area contributed by atoms with Crippen molar-refractivity contribution in [2.45, 2.75) is 30.5 Å².